The van der Waals surface area contributed by atoms with Gasteiger partial charge in [-0.05, 0) is 91.2 Å². The minimum Gasteiger partial charge on any atom is -0.352 e. The van der Waals surface area contributed by atoms with Crippen molar-refractivity contribution < 1.29 is 78.7 Å². The fraction of sp³-hybridized carbons (Fsp3) is 0.0732. The van der Waals surface area contributed by atoms with Crippen molar-refractivity contribution in [3.8, 4) is 0 Å². The molecule has 0 fully saturated rings. The Morgan fingerprint density at radius 3 is 1.51 bits per heavy atom. The van der Waals surface area contributed by atoms with Crippen molar-refractivity contribution in [2.75, 3.05) is 38.4 Å². The van der Waals surface area contributed by atoms with E-state index in [9.17, 15) is 78.7 Å². The highest BCUT2D eigenvalue weighted by Crippen LogP contribution is 2.38. The summed E-state index contributed by atoms with van der Waals surface area (Å²) >= 11 is 0. The van der Waals surface area contributed by atoms with Crippen molar-refractivity contribution in [2.24, 2.45) is 31.9 Å². The van der Waals surface area contributed by atoms with E-state index in [4.69, 9.17) is 11.5 Å². The van der Waals surface area contributed by atoms with E-state index < -0.39 is 139 Å². The average molecular weight is 1240 g/mol. The van der Waals surface area contributed by atoms with Crippen LogP contribution in [-0.4, -0.2) is 115 Å². The number of carbonyl (C=O) groups is 2. The number of fused-ring (bicyclic) bond motifs is 1. The summed E-state index contributed by atoms with van der Waals surface area (Å²) in [6, 6.07) is 9.17. The standard InChI is InChI=1S/C41H36F2N18O16S5/c1-3-78(64,65)22-6-9-27(33(14-22)82(75,76)77)60-58-25-7-4-21(13-28(25)50-36(44)62)49-41-55-35(43)53-39(57-41)47-18(2)17-46-38-52-34(42)54-40(56-38)48-20-5-8-26(29(12-20)51-37(45)63)59-61-30-16-24-19(11-32(30)81(72,73)74)10-23(79(66,67)68)15-31(24)80(69,70)71/h3-16,18H,1,17H2,2H3,(H3,44,50,62)(H3,45,51,63)(H,66,67,68)(H,69,70,71)(H,72,73,74)(H,75,76,77)(H2,46,48,52,54,56)(H2,47,49,53,55,57)/b60-58+,61-59+. The van der Waals surface area contributed by atoms with Gasteiger partial charge in [0.15, 0.2) is 9.84 Å². The van der Waals surface area contributed by atoms with Crippen LogP contribution in [0.4, 0.5) is 87.7 Å². The van der Waals surface area contributed by atoms with Crippen molar-refractivity contribution in [1.29, 1.82) is 0 Å². The first-order valence-electron chi connectivity index (χ1n) is 21.8. The molecule has 7 rings (SSSR count). The Hall–Kier alpha value is -9.49. The summed E-state index contributed by atoms with van der Waals surface area (Å²) in [5, 5.41) is 30.2. The number of halogens is 2. The number of carbonyl (C=O) groups excluding carboxylic acids is 2. The first-order chi connectivity index (χ1) is 38.1. The Labute approximate surface area is 459 Å². The van der Waals surface area contributed by atoms with Crippen LogP contribution in [0.3, 0.4) is 0 Å². The van der Waals surface area contributed by atoms with Crippen LogP contribution < -0.4 is 43.4 Å². The molecular weight excluding hydrogens is 1200 g/mol. The van der Waals surface area contributed by atoms with E-state index in [1.807, 2.05) is 0 Å². The smallest absolute Gasteiger partial charge is 0.316 e. The number of nitrogens with two attached hydrogens (primary N) is 2. The molecule has 0 aliphatic rings. The summed E-state index contributed by atoms with van der Waals surface area (Å²) in [7, 11) is -24.9. The predicted molar refractivity (Wildman–Crippen MR) is 282 cm³/mol. The van der Waals surface area contributed by atoms with Crippen LogP contribution in [0.5, 0.6) is 0 Å². The Morgan fingerprint density at radius 1 is 0.561 bits per heavy atom. The molecule has 0 aliphatic heterocycles. The fourth-order valence-corrected chi connectivity index (χ4v) is 10.3. The number of amides is 4. The molecule has 0 aliphatic carbocycles. The van der Waals surface area contributed by atoms with E-state index in [1.54, 1.807) is 6.92 Å². The fourth-order valence-electron chi connectivity index (χ4n) is 6.84. The second kappa shape index (κ2) is 23.3. The maximum Gasteiger partial charge on any atom is 0.316 e. The molecule has 41 heteroatoms. The summed E-state index contributed by atoms with van der Waals surface area (Å²) in [6.07, 6.45) is -2.59. The first-order valence-corrected chi connectivity index (χ1v) is 29.1. The normalized spacial score (nSPS) is 12.7. The van der Waals surface area contributed by atoms with E-state index in [0.717, 1.165) is 24.3 Å². The molecule has 2 heterocycles. The lowest BCUT2D eigenvalue weighted by molar-refractivity contribution is 0.258. The molecule has 34 nitrogen and oxygen atoms in total. The van der Waals surface area contributed by atoms with Gasteiger partial charge in [0.25, 0.3) is 40.5 Å². The average Bonchev–Trinajstić information content (AvgIpc) is 3.41. The molecule has 5 aromatic carbocycles. The molecule has 0 spiro atoms. The molecule has 82 heavy (non-hydrogen) atoms. The van der Waals surface area contributed by atoms with Gasteiger partial charge < -0.3 is 43.4 Å². The lowest BCUT2D eigenvalue weighted by Crippen LogP contribution is -2.27. The summed E-state index contributed by atoms with van der Waals surface area (Å²) in [6.45, 7) is 4.58. The molecule has 4 amide bonds. The minimum absolute atomic E-state index is 0.00927. The van der Waals surface area contributed by atoms with Crippen molar-refractivity contribution in [2.45, 2.75) is 37.4 Å². The number of anilines is 8. The van der Waals surface area contributed by atoms with Crippen molar-refractivity contribution in [3.05, 3.63) is 103 Å². The topological polar surface area (TPSA) is 537 Å². The van der Waals surface area contributed by atoms with E-state index >= 15 is 0 Å². The van der Waals surface area contributed by atoms with Crippen LogP contribution in [0, 0.1) is 12.2 Å². The molecule has 0 saturated carbocycles. The quantitative estimate of drug-likeness (QED) is 0.0307. The summed E-state index contributed by atoms with van der Waals surface area (Å²) < 4.78 is 190. The predicted octanol–water partition coefficient (Wildman–Crippen LogP) is 5.60. The lowest BCUT2D eigenvalue weighted by atomic mass is 10.1. The molecule has 1 atom stereocenters. The summed E-state index contributed by atoms with van der Waals surface area (Å²) in [5.74, 6) is -1.52. The van der Waals surface area contributed by atoms with Crippen LogP contribution in [0.1, 0.15) is 6.92 Å². The van der Waals surface area contributed by atoms with E-state index in [1.165, 1.54) is 24.3 Å². The zero-order valence-electron chi connectivity index (χ0n) is 40.7. The number of hydrogen-bond acceptors (Lipinski definition) is 26. The van der Waals surface area contributed by atoms with Gasteiger partial charge in [0.2, 0.25) is 23.8 Å². The molecule has 14 N–H and O–H groups in total. The molecule has 1 unspecified atom stereocenters. The number of primary amides is 2. The van der Waals surface area contributed by atoms with Crippen molar-refractivity contribution in [3.63, 3.8) is 0 Å². The van der Waals surface area contributed by atoms with Gasteiger partial charge in [-0.2, -0.15) is 72.4 Å². The van der Waals surface area contributed by atoms with Crippen LogP contribution >= 0.6 is 0 Å². The van der Waals surface area contributed by atoms with Crippen LogP contribution in [-0.2, 0) is 50.3 Å². The zero-order chi connectivity index (χ0) is 60.3. The second-order valence-electron chi connectivity index (χ2n) is 16.2. The van der Waals surface area contributed by atoms with Crippen molar-refractivity contribution >= 4 is 142 Å². The SMILES string of the molecule is C=CS(=O)(=O)c1ccc(/N=N/c2ccc(Nc3nc(F)nc(NC(C)CNc4nc(F)nc(Nc5ccc(/N=N/c6cc7c(S(=O)(=O)O)cc(S(=O)(=O)O)cc7cc6S(=O)(=O)O)c(NC(N)=O)c5)n4)n3)cc2NC(N)=O)c(S(=O)(=O)O)c1. The van der Waals surface area contributed by atoms with Gasteiger partial charge in [-0.25, -0.2) is 18.0 Å². The van der Waals surface area contributed by atoms with Crippen LogP contribution in [0.2, 0.25) is 0 Å². The third-order valence-corrected chi connectivity index (χ3v) is 15.1. The van der Waals surface area contributed by atoms with Gasteiger partial charge in [-0.15, -0.1) is 20.5 Å². The Kier molecular flexibility index (Phi) is 17.1. The molecule has 2 aromatic heterocycles. The number of urea groups is 2. The number of nitrogens with one attached hydrogen (secondary N) is 6. The van der Waals surface area contributed by atoms with E-state index in [2.05, 4.69) is 88.8 Å². The van der Waals surface area contributed by atoms with Gasteiger partial charge in [0.05, 0.1) is 21.2 Å². The Morgan fingerprint density at radius 2 is 1.01 bits per heavy atom. The van der Waals surface area contributed by atoms with E-state index in [-0.39, 0.29) is 52.6 Å². The summed E-state index contributed by atoms with van der Waals surface area (Å²) in [5.41, 5.74) is 8.60. The molecule has 430 valence electrons. The largest absolute Gasteiger partial charge is 0.352 e. The molecule has 0 saturated heterocycles. The van der Waals surface area contributed by atoms with Crippen LogP contribution in [0.25, 0.3) is 10.8 Å². The number of aromatic nitrogens is 6. The highest BCUT2D eigenvalue weighted by atomic mass is 32.2. The molecule has 0 radical (unpaired) electrons. The number of azo groups is 2. The maximum atomic E-state index is 14.8. The Balaban J connectivity index is 1.05. The number of sulfone groups is 1. The van der Waals surface area contributed by atoms with E-state index in [0.29, 0.717) is 35.7 Å². The third-order valence-electron chi connectivity index (χ3n) is 10.3. The number of hydrogen-bond donors (Lipinski definition) is 12. The van der Waals surface area contributed by atoms with Gasteiger partial charge >= 0.3 is 24.2 Å². The maximum absolute atomic E-state index is 14.8. The lowest BCUT2D eigenvalue weighted by Gasteiger charge is -2.16. The molecule has 0 bridgehead atoms. The zero-order valence-corrected chi connectivity index (χ0v) is 44.8. The number of benzene rings is 5. The van der Waals surface area contributed by atoms with Crippen molar-refractivity contribution in [1.82, 2.24) is 29.9 Å². The van der Waals surface area contributed by atoms with Gasteiger partial charge in [0, 0.05) is 34.8 Å². The minimum atomic E-state index is -5.28. The van der Waals surface area contributed by atoms with Crippen LogP contribution in [0.15, 0.2) is 136 Å². The third kappa shape index (κ3) is 15.2. The summed E-state index contributed by atoms with van der Waals surface area (Å²) in [4.78, 5) is 41.8. The van der Waals surface area contributed by atoms with Gasteiger partial charge in [-0.3, -0.25) is 18.2 Å². The second-order valence-corrected chi connectivity index (χ2v) is 23.7. The highest BCUT2D eigenvalue weighted by molar-refractivity contribution is 7.94. The monoisotopic (exact) mass is 1230 g/mol. The highest BCUT2D eigenvalue weighted by Gasteiger charge is 2.26. The molecule has 7 aromatic rings. The van der Waals surface area contributed by atoms with Gasteiger partial charge in [-0.1, -0.05) is 6.58 Å². The molecular formula is C41H36F2N18O16S5. The number of nitrogens with zero attached hydrogens (tertiary/aromatic N) is 10. The first kappa shape index (κ1) is 60.2. The number of rotatable bonds is 21. The van der Waals surface area contributed by atoms with Gasteiger partial charge in [0.1, 0.15) is 37.4 Å². The Bertz CT molecular complexity index is 4450.